The van der Waals surface area contributed by atoms with E-state index < -0.39 is 23.3 Å². The first-order chi connectivity index (χ1) is 9.97. The van der Waals surface area contributed by atoms with Crippen molar-refractivity contribution >= 4 is 17.3 Å². The number of alkyl halides is 2. The van der Waals surface area contributed by atoms with Crippen molar-refractivity contribution in [2.75, 3.05) is 7.11 Å². The van der Waals surface area contributed by atoms with E-state index in [9.17, 15) is 13.6 Å². The van der Waals surface area contributed by atoms with Gasteiger partial charge < -0.3 is 9.47 Å². The number of carbonyl (C=O) groups excluding carboxylic acids is 1. The van der Waals surface area contributed by atoms with Crippen molar-refractivity contribution in [2.24, 2.45) is 0 Å². The van der Waals surface area contributed by atoms with Crippen LogP contribution in [0.2, 0.25) is 0 Å². The fourth-order valence-electron chi connectivity index (χ4n) is 1.50. The maximum Gasteiger partial charge on any atom is 0.353 e. The molecule has 0 saturated heterocycles. The highest BCUT2D eigenvalue weighted by Crippen LogP contribution is 2.39. The third-order valence-electron chi connectivity index (χ3n) is 2.68. The minimum atomic E-state index is -3.11. The van der Waals surface area contributed by atoms with Crippen molar-refractivity contribution in [3.05, 3.63) is 40.2 Å². The first kappa shape index (κ1) is 15.4. The molecule has 2 aromatic rings. The molecule has 1 aromatic carbocycles. The maximum absolute atomic E-state index is 13.7. The van der Waals surface area contributed by atoms with Gasteiger partial charge in [-0.3, -0.25) is 0 Å². The number of para-hydroxylation sites is 1. The van der Waals surface area contributed by atoms with Crippen LogP contribution in [0, 0.1) is 0 Å². The zero-order chi connectivity index (χ0) is 15.5. The Hall–Kier alpha value is -2.02. The van der Waals surface area contributed by atoms with E-state index in [-0.39, 0.29) is 10.8 Å². The normalized spacial score (nSPS) is 11.2. The molecule has 7 heteroatoms. The van der Waals surface area contributed by atoms with Gasteiger partial charge in [-0.1, -0.05) is 25.1 Å². The second kappa shape index (κ2) is 6.17. The molecule has 0 fully saturated rings. The Morgan fingerprint density at radius 3 is 2.57 bits per heavy atom. The standard InChI is InChI=1S/C14H13F2NO3S/c1-3-14(15,16)13-17-11(10(21-13)12(18)19-2)20-9-7-5-4-6-8-9/h4-8H,3H2,1-2H3. The van der Waals surface area contributed by atoms with Crippen LogP contribution in [0.3, 0.4) is 0 Å². The number of esters is 1. The van der Waals surface area contributed by atoms with Gasteiger partial charge in [0.1, 0.15) is 5.75 Å². The van der Waals surface area contributed by atoms with Gasteiger partial charge in [-0.05, 0) is 12.1 Å². The summed E-state index contributed by atoms with van der Waals surface area (Å²) in [6.45, 7) is 1.34. The van der Waals surface area contributed by atoms with Gasteiger partial charge in [0.2, 0.25) is 5.88 Å². The summed E-state index contributed by atoms with van der Waals surface area (Å²) >= 11 is 0.582. The molecule has 0 aliphatic rings. The molecule has 0 aliphatic carbocycles. The maximum atomic E-state index is 13.7. The van der Waals surface area contributed by atoms with E-state index in [1.54, 1.807) is 30.3 Å². The number of hydrogen-bond donors (Lipinski definition) is 0. The molecule has 4 nitrogen and oxygen atoms in total. The van der Waals surface area contributed by atoms with E-state index in [0.29, 0.717) is 17.1 Å². The van der Waals surface area contributed by atoms with Crippen molar-refractivity contribution in [1.82, 2.24) is 4.98 Å². The van der Waals surface area contributed by atoms with Crippen LogP contribution in [-0.4, -0.2) is 18.1 Å². The Morgan fingerprint density at radius 2 is 2.00 bits per heavy atom. The van der Waals surface area contributed by atoms with Crippen molar-refractivity contribution in [3.63, 3.8) is 0 Å². The Labute approximate surface area is 124 Å². The van der Waals surface area contributed by atoms with E-state index in [0.717, 1.165) is 0 Å². The second-order valence-electron chi connectivity index (χ2n) is 4.12. The Bertz CT molecular complexity index is 628. The van der Waals surface area contributed by atoms with Gasteiger partial charge >= 0.3 is 5.97 Å². The Balaban J connectivity index is 2.41. The zero-order valence-corrected chi connectivity index (χ0v) is 12.2. The summed E-state index contributed by atoms with van der Waals surface area (Å²) < 4.78 is 37.4. The van der Waals surface area contributed by atoms with Gasteiger partial charge in [0.25, 0.3) is 5.92 Å². The van der Waals surface area contributed by atoms with Gasteiger partial charge in [-0.15, -0.1) is 11.3 Å². The molecule has 0 aliphatic heterocycles. The molecule has 0 spiro atoms. The first-order valence-corrected chi connectivity index (χ1v) is 7.00. The highest BCUT2D eigenvalue weighted by Gasteiger charge is 2.36. The lowest BCUT2D eigenvalue weighted by Crippen LogP contribution is -2.10. The fourth-order valence-corrected chi connectivity index (χ4v) is 2.46. The summed E-state index contributed by atoms with van der Waals surface area (Å²) in [5.74, 6) is -3.62. The number of benzene rings is 1. The smallest absolute Gasteiger partial charge is 0.353 e. The van der Waals surface area contributed by atoms with Gasteiger partial charge in [0.15, 0.2) is 9.88 Å². The van der Waals surface area contributed by atoms with Crippen molar-refractivity contribution in [2.45, 2.75) is 19.3 Å². The summed E-state index contributed by atoms with van der Waals surface area (Å²) in [5, 5.41) is -0.462. The lowest BCUT2D eigenvalue weighted by molar-refractivity contribution is -0.00876. The van der Waals surface area contributed by atoms with E-state index in [1.165, 1.54) is 14.0 Å². The predicted molar refractivity (Wildman–Crippen MR) is 74.2 cm³/mol. The van der Waals surface area contributed by atoms with Crippen molar-refractivity contribution < 1.29 is 23.0 Å². The van der Waals surface area contributed by atoms with Crippen LogP contribution in [-0.2, 0) is 10.7 Å². The van der Waals surface area contributed by atoms with E-state index in [4.69, 9.17) is 4.74 Å². The van der Waals surface area contributed by atoms with Crippen LogP contribution in [0.5, 0.6) is 11.6 Å². The first-order valence-electron chi connectivity index (χ1n) is 6.18. The zero-order valence-electron chi connectivity index (χ0n) is 11.4. The molecule has 2 rings (SSSR count). The topological polar surface area (TPSA) is 48.4 Å². The lowest BCUT2D eigenvalue weighted by Gasteiger charge is -2.08. The molecule has 0 bridgehead atoms. The number of thiazole rings is 1. The van der Waals surface area contributed by atoms with Gasteiger partial charge in [-0.2, -0.15) is 13.8 Å². The number of halogens is 2. The summed E-state index contributed by atoms with van der Waals surface area (Å²) in [4.78, 5) is 15.4. The number of nitrogens with zero attached hydrogens (tertiary/aromatic N) is 1. The highest BCUT2D eigenvalue weighted by molar-refractivity contribution is 7.14. The minimum Gasteiger partial charge on any atom is -0.465 e. The van der Waals surface area contributed by atoms with Crippen LogP contribution in [0.1, 0.15) is 28.0 Å². The van der Waals surface area contributed by atoms with Crippen molar-refractivity contribution in [1.29, 1.82) is 0 Å². The fraction of sp³-hybridized carbons (Fsp3) is 0.286. The SMILES string of the molecule is CCC(F)(F)c1nc(Oc2ccccc2)c(C(=O)OC)s1. The third kappa shape index (κ3) is 3.36. The second-order valence-corrected chi connectivity index (χ2v) is 5.12. The number of methoxy groups -OCH3 is 1. The third-order valence-corrected chi connectivity index (χ3v) is 3.81. The monoisotopic (exact) mass is 313 g/mol. The molecule has 112 valence electrons. The van der Waals surface area contributed by atoms with Crippen LogP contribution in [0.25, 0.3) is 0 Å². The molecule has 0 saturated carbocycles. The molecule has 1 heterocycles. The molecule has 1 aromatic heterocycles. The van der Waals surface area contributed by atoms with Crippen LogP contribution in [0.15, 0.2) is 30.3 Å². The summed E-state index contributed by atoms with van der Waals surface area (Å²) in [6.07, 6.45) is -0.411. The predicted octanol–water partition coefficient (Wildman–Crippen LogP) is 4.22. The molecule has 0 amide bonds. The summed E-state index contributed by atoms with van der Waals surface area (Å²) in [5.41, 5.74) is 0. The van der Waals surface area contributed by atoms with Crippen LogP contribution < -0.4 is 4.74 Å². The molecule has 21 heavy (non-hydrogen) atoms. The van der Waals surface area contributed by atoms with Crippen LogP contribution >= 0.6 is 11.3 Å². The number of ether oxygens (including phenoxy) is 2. The van der Waals surface area contributed by atoms with E-state index >= 15 is 0 Å². The van der Waals surface area contributed by atoms with Gasteiger partial charge in [-0.25, -0.2) is 4.79 Å². The number of carbonyl (C=O) groups is 1. The number of rotatable bonds is 5. The Morgan fingerprint density at radius 1 is 1.33 bits per heavy atom. The number of hydrogen-bond acceptors (Lipinski definition) is 5. The summed E-state index contributed by atoms with van der Waals surface area (Å²) in [7, 11) is 1.17. The van der Waals surface area contributed by atoms with E-state index in [1.807, 2.05) is 0 Å². The average molecular weight is 313 g/mol. The molecule has 0 atom stereocenters. The molecule has 0 N–H and O–H groups in total. The summed E-state index contributed by atoms with van der Waals surface area (Å²) in [6, 6.07) is 8.50. The molecule has 0 unspecified atom stereocenters. The largest absolute Gasteiger partial charge is 0.465 e. The Kier molecular flexibility index (Phi) is 4.52. The molecular weight excluding hydrogens is 300 g/mol. The molecular formula is C14H13F2NO3S. The molecule has 0 radical (unpaired) electrons. The minimum absolute atomic E-state index is 0.0792. The van der Waals surface area contributed by atoms with Gasteiger partial charge in [0.05, 0.1) is 7.11 Å². The number of aromatic nitrogens is 1. The lowest BCUT2D eigenvalue weighted by atomic mass is 10.3. The van der Waals surface area contributed by atoms with Gasteiger partial charge in [0, 0.05) is 6.42 Å². The van der Waals surface area contributed by atoms with Crippen LogP contribution in [0.4, 0.5) is 8.78 Å². The average Bonchev–Trinajstić information content (AvgIpc) is 2.92. The highest BCUT2D eigenvalue weighted by atomic mass is 32.1. The quantitative estimate of drug-likeness (QED) is 0.775. The van der Waals surface area contributed by atoms with Crippen molar-refractivity contribution in [3.8, 4) is 11.6 Å². The van der Waals surface area contributed by atoms with E-state index in [2.05, 4.69) is 9.72 Å².